The van der Waals surface area contributed by atoms with Gasteiger partial charge in [-0.1, -0.05) is 24.4 Å². The van der Waals surface area contributed by atoms with E-state index in [0.717, 1.165) is 52.5 Å². The number of aromatic nitrogens is 1. The number of ether oxygens (including phenoxy) is 1. The molecule has 0 aliphatic carbocycles. The Morgan fingerprint density at radius 3 is 2.24 bits per heavy atom. The molecule has 2 aromatic carbocycles. The third-order valence-electron chi connectivity index (χ3n) is 6.50. The molecule has 0 aliphatic heterocycles. The second-order valence-electron chi connectivity index (χ2n) is 9.54. The zero-order chi connectivity index (χ0) is 30.6. The molecule has 226 valence electrons. The smallest absolute Gasteiger partial charge is 0.416 e. The maximum absolute atomic E-state index is 12.3. The lowest BCUT2D eigenvalue weighted by Crippen LogP contribution is -2.45. The number of methoxy groups -OCH3 is 1. The molecule has 3 rings (SSSR count). The van der Waals surface area contributed by atoms with Crippen molar-refractivity contribution in [1.82, 2.24) is 20.1 Å². The minimum absolute atomic E-state index is 0.133. The van der Waals surface area contributed by atoms with Crippen molar-refractivity contribution in [1.29, 1.82) is 0 Å². The number of amides is 3. The fraction of sp³-hybridized carbons (Fsp3) is 0.393. The van der Waals surface area contributed by atoms with Crippen LogP contribution in [-0.2, 0) is 9.59 Å². The van der Waals surface area contributed by atoms with E-state index in [1.54, 1.807) is 7.11 Å². The van der Waals surface area contributed by atoms with Gasteiger partial charge in [0.05, 0.1) is 36.9 Å². The Morgan fingerprint density at radius 2 is 1.57 bits per heavy atom. The van der Waals surface area contributed by atoms with Crippen LogP contribution in [0, 0.1) is 0 Å². The van der Waals surface area contributed by atoms with Crippen LogP contribution in [0.1, 0.15) is 25.7 Å². The Labute approximate surface area is 247 Å². The lowest BCUT2D eigenvalue weighted by Gasteiger charge is -2.22. The number of aliphatic carboxylic acids is 1. The van der Waals surface area contributed by atoms with Crippen molar-refractivity contribution >= 4 is 63.2 Å². The molecule has 0 bridgehead atoms. The van der Waals surface area contributed by atoms with Gasteiger partial charge in [0.1, 0.15) is 5.75 Å². The molecule has 3 aromatic rings. The van der Waals surface area contributed by atoms with Crippen LogP contribution in [0.4, 0.5) is 15.3 Å². The summed E-state index contributed by atoms with van der Waals surface area (Å²) in [6.45, 7) is -0.431. The van der Waals surface area contributed by atoms with E-state index < -0.39 is 37.2 Å². The number of nitrogens with zero attached hydrogens (tertiary/aromatic N) is 3. The van der Waals surface area contributed by atoms with Gasteiger partial charge in [-0.3, -0.25) is 14.5 Å². The summed E-state index contributed by atoms with van der Waals surface area (Å²) in [6.07, 6.45) is 0.00809. The van der Waals surface area contributed by atoms with Crippen LogP contribution >= 0.6 is 11.6 Å². The highest BCUT2D eigenvalue weighted by molar-refractivity contribution is 6.31. The maximum atomic E-state index is 12.3. The molecule has 1 heterocycles. The summed E-state index contributed by atoms with van der Waals surface area (Å²) in [4.78, 5) is 51.4. The van der Waals surface area contributed by atoms with Crippen molar-refractivity contribution < 1.29 is 39.2 Å². The van der Waals surface area contributed by atoms with Crippen LogP contribution in [0.3, 0.4) is 0 Å². The molecule has 0 unspecified atom stereocenters. The van der Waals surface area contributed by atoms with E-state index in [1.807, 2.05) is 36.4 Å². The normalized spacial score (nSPS) is 11.0. The lowest BCUT2D eigenvalue weighted by atomic mass is 10.1. The molecular weight excluding hydrogens is 570 g/mol. The first-order valence-electron chi connectivity index (χ1n) is 13.3. The molecule has 13 nitrogen and oxygen atoms in total. The van der Waals surface area contributed by atoms with Crippen molar-refractivity contribution in [3.05, 3.63) is 41.4 Å². The summed E-state index contributed by atoms with van der Waals surface area (Å²) in [5, 5.41) is 35.7. The number of pyridine rings is 1. The average molecular weight is 604 g/mol. The molecule has 0 fully saturated rings. The van der Waals surface area contributed by atoms with E-state index in [1.165, 1.54) is 4.90 Å². The van der Waals surface area contributed by atoms with E-state index >= 15 is 0 Å². The van der Waals surface area contributed by atoms with Crippen LogP contribution < -0.4 is 15.4 Å². The Balaban J connectivity index is 1.44. The molecule has 1 aromatic heterocycles. The minimum Gasteiger partial charge on any atom is -0.497 e. The van der Waals surface area contributed by atoms with Gasteiger partial charge in [0.15, 0.2) is 0 Å². The molecule has 3 amide bonds. The third-order valence-corrected chi connectivity index (χ3v) is 6.73. The number of hydrogen-bond acceptors (Lipinski definition) is 8. The number of nitrogens with one attached hydrogen (secondary N) is 2. The highest BCUT2D eigenvalue weighted by Crippen LogP contribution is 2.34. The van der Waals surface area contributed by atoms with Gasteiger partial charge in [-0.25, -0.2) is 19.5 Å². The predicted molar refractivity (Wildman–Crippen MR) is 158 cm³/mol. The number of hydrogen-bond donors (Lipinski definition) is 5. The highest BCUT2D eigenvalue weighted by atomic mass is 35.5. The number of halogens is 1. The van der Waals surface area contributed by atoms with Crippen LogP contribution in [0.5, 0.6) is 5.75 Å². The number of anilines is 1. The lowest BCUT2D eigenvalue weighted by molar-refractivity contribution is -0.138. The topological polar surface area (TPSA) is 182 Å². The van der Waals surface area contributed by atoms with Crippen molar-refractivity contribution in [3.63, 3.8) is 0 Å². The zero-order valence-corrected chi connectivity index (χ0v) is 23.9. The summed E-state index contributed by atoms with van der Waals surface area (Å²) in [7, 11) is 1.62. The molecule has 0 saturated heterocycles. The fourth-order valence-electron chi connectivity index (χ4n) is 4.44. The van der Waals surface area contributed by atoms with Crippen LogP contribution in [-0.4, -0.2) is 101 Å². The quantitative estimate of drug-likeness (QED) is 0.117. The van der Waals surface area contributed by atoms with E-state index in [-0.39, 0.29) is 18.0 Å². The molecule has 5 N–H and O–H groups in total. The summed E-state index contributed by atoms with van der Waals surface area (Å²) < 4.78 is 5.40. The van der Waals surface area contributed by atoms with Crippen LogP contribution in [0.15, 0.2) is 36.4 Å². The molecule has 0 radical (unpaired) electrons. The predicted octanol–water partition coefficient (Wildman–Crippen LogP) is 4.18. The minimum atomic E-state index is -1.68. The summed E-state index contributed by atoms with van der Waals surface area (Å²) in [6, 6.07) is 11.3. The van der Waals surface area contributed by atoms with Gasteiger partial charge in [0, 0.05) is 42.0 Å². The second kappa shape index (κ2) is 15.6. The van der Waals surface area contributed by atoms with Crippen LogP contribution in [0.25, 0.3) is 21.8 Å². The Bertz CT molecular complexity index is 1420. The Kier molecular flexibility index (Phi) is 11.9. The number of carboxylic acid groups (broad SMARTS) is 3. The number of carboxylic acids is 1. The van der Waals surface area contributed by atoms with Gasteiger partial charge < -0.3 is 30.7 Å². The summed E-state index contributed by atoms with van der Waals surface area (Å²) >= 11 is 6.19. The number of fused-ring (bicyclic) bond motifs is 2. The first kappa shape index (κ1) is 32.2. The molecule has 0 atom stereocenters. The zero-order valence-electron chi connectivity index (χ0n) is 23.1. The number of unbranched alkanes of at least 4 members (excludes halogenated alkanes) is 3. The van der Waals surface area contributed by atoms with E-state index in [0.29, 0.717) is 24.5 Å². The first-order chi connectivity index (χ1) is 20.1. The summed E-state index contributed by atoms with van der Waals surface area (Å²) in [5.41, 5.74) is 2.58. The second-order valence-corrected chi connectivity index (χ2v) is 9.98. The number of rotatable bonds is 16. The number of benzene rings is 2. The number of carbonyl (C=O) groups excluding carboxylic acids is 1. The van der Waals surface area contributed by atoms with Crippen LogP contribution in [0.2, 0.25) is 5.02 Å². The molecule has 0 aliphatic rings. The Morgan fingerprint density at radius 1 is 0.857 bits per heavy atom. The number of imide groups is 1. The molecule has 0 spiro atoms. The van der Waals surface area contributed by atoms with Gasteiger partial charge in [0.25, 0.3) is 0 Å². The van der Waals surface area contributed by atoms with Gasteiger partial charge in [0.2, 0.25) is 5.91 Å². The van der Waals surface area contributed by atoms with Gasteiger partial charge in [-0.2, -0.15) is 0 Å². The van der Waals surface area contributed by atoms with Crippen molar-refractivity contribution in [2.24, 2.45) is 0 Å². The maximum Gasteiger partial charge on any atom is 0.416 e. The standard InChI is InChI=1S/C28H34ClN5O8/c1-42-19-7-9-22-21(15-19)26(20-8-6-18(29)14-23(20)32-22)31-11-5-3-2-4-10-30-24(35)16-33(17-25(36)37)12-13-34(27(38)39)28(40)41/h6-9,14-15H,2-5,10-13,16-17H2,1H3,(H,30,35)(H,31,32)(H,36,37)(H,38,39)(H,40,41). The fourth-order valence-corrected chi connectivity index (χ4v) is 4.60. The largest absolute Gasteiger partial charge is 0.497 e. The van der Waals surface area contributed by atoms with E-state index in [4.69, 9.17) is 36.6 Å². The summed E-state index contributed by atoms with van der Waals surface area (Å²) in [5.74, 6) is -0.914. The first-order valence-corrected chi connectivity index (χ1v) is 13.7. The van der Waals surface area contributed by atoms with Gasteiger partial charge >= 0.3 is 18.2 Å². The van der Waals surface area contributed by atoms with Gasteiger partial charge in [-0.15, -0.1) is 0 Å². The van der Waals surface area contributed by atoms with Gasteiger partial charge in [-0.05, 0) is 49.2 Å². The highest BCUT2D eigenvalue weighted by Gasteiger charge is 2.22. The molecule has 42 heavy (non-hydrogen) atoms. The van der Waals surface area contributed by atoms with Crippen molar-refractivity contribution in [3.8, 4) is 5.75 Å². The third kappa shape index (κ3) is 9.35. The Hall–Kier alpha value is -4.36. The molecule has 0 saturated carbocycles. The van der Waals surface area contributed by atoms with E-state index in [2.05, 4.69) is 10.6 Å². The average Bonchev–Trinajstić information content (AvgIpc) is 2.92. The van der Waals surface area contributed by atoms with Crippen molar-refractivity contribution in [2.75, 3.05) is 51.7 Å². The van der Waals surface area contributed by atoms with Crippen molar-refractivity contribution in [2.45, 2.75) is 25.7 Å². The SMILES string of the molecule is COc1ccc2nc3cc(Cl)ccc3c(NCCCCCCNC(=O)CN(CCN(C(=O)O)C(=O)O)CC(=O)O)c2c1. The van der Waals surface area contributed by atoms with E-state index in [9.17, 15) is 19.2 Å². The molecule has 14 heteroatoms. The monoisotopic (exact) mass is 603 g/mol. The molecular formula is C28H34ClN5O8. The number of carbonyl (C=O) groups is 4.